The summed E-state index contributed by atoms with van der Waals surface area (Å²) in [6.45, 7) is 38.8. The first-order valence-electron chi connectivity index (χ1n) is 23.1. The largest absolute Gasteiger partial charge is 0.380 e. The first-order chi connectivity index (χ1) is 25.8. The minimum absolute atomic E-state index is 0.0433. The van der Waals surface area contributed by atoms with Gasteiger partial charge in [-0.25, -0.2) is 0 Å². The van der Waals surface area contributed by atoms with Gasteiger partial charge in [0.1, 0.15) is 0 Å². The van der Waals surface area contributed by atoms with Crippen LogP contribution in [0.25, 0.3) is 0 Å². The average molecular weight is 795 g/mol. The molecule has 0 aromatic rings. The third kappa shape index (κ3) is 28.3. The van der Waals surface area contributed by atoms with Gasteiger partial charge in [0.2, 0.25) is 11.8 Å². The van der Waals surface area contributed by atoms with E-state index in [9.17, 15) is 9.59 Å². The molecule has 0 rings (SSSR count). The smallest absolute Gasteiger partial charge is 0.225 e. The van der Waals surface area contributed by atoms with E-state index in [2.05, 4.69) is 108 Å². The number of amides is 2. The summed E-state index contributed by atoms with van der Waals surface area (Å²) < 4.78 is 18.8. The van der Waals surface area contributed by atoms with E-state index in [4.69, 9.17) is 14.2 Å². The van der Waals surface area contributed by atoms with Gasteiger partial charge in [-0.15, -0.1) is 0 Å². The van der Waals surface area contributed by atoms with Crippen LogP contribution in [0.2, 0.25) is 0 Å². The number of carbonyl (C=O) groups excluding carboxylic acids is 2. The fourth-order valence-electron chi connectivity index (χ4n) is 7.65. The van der Waals surface area contributed by atoms with Gasteiger partial charge in [-0.2, -0.15) is 0 Å². The van der Waals surface area contributed by atoms with Crippen LogP contribution in [-0.4, -0.2) is 63.5 Å². The van der Waals surface area contributed by atoms with Crippen LogP contribution < -0.4 is 10.6 Å². The quantitative estimate of drug-likeness (QED) is 0.0624. The van der Waals surface area contributed by atoms with Gasteiger partial charge in [-0.05, 0) is 62.2 Å². The average Bonchev–Trinajstić information content (AvgIpc) is 3.06. The molecule has 0 radical (unpaired) electrons. The van der Waals surface area contributed by atoms with Crippen LogP contribution in [0, 0.1) is 38.9 Å². The molecule has 2 unspecified atom stereocenters. The maximum atomic E-state index is 13.3. The van der Waals surface area contributed by atoms with Crippen molar-refractivity contribution in [3.63, 3.8) is 0 Å². The molecule has 0 aliphatic carbocycles. The standard InChI is InChI=1S/C49H98N2O5/c1-17-20-22-24-27-41(26-23-21-18-2)28-29-49(15,16)56-31-30-48(13,14)43(53)51-35-47(11,12)39-55-38-46(9,10)34-50-42(52)33-45(7,8)37-54-36-44(5,6)32-40(4)25-19-3/h40-41H,17-39H2,1-16H3,(H,50,52)(H,51,53). The molecule has 0 aromatic heterocycles. The van der Waals surface area contributed by atoms with E-state index in [1.54, 1.807) is 0 Å². The van der Waals surface area contributed by atoms with Crippen LogP contribution in [0.1, 0.15) is 214 Å². The Labute approximate surface area is 349 Å². The Morgan fingerprint density at radius 2 is 1.05 bits per heavy atom. The lowest BCUT2D eigenvalue weighted by molar-refractivity contribution is -0.132. The van der Waals surface area contributed by atoms with E-state index in [0.717, 1.165) is 18.8 Å². The maximum absolute atomic E-state index is 13.3. The zero-order chi connectivity index (χ0) is 43.1. The molecule has 0 aliphatic rings. The molecular weight excluding hydrogens is 697 g/mol. The highest BCUT2D eigenvalue weighted by atomic mass is 16.5. The molecule has 0 aromatic carbocycles. The zero-order valence-corrected chi connectivity index (χ0v) is 40.5. The van der Waals surface area contributed by atoms with Gasteiger partial charge < -0.3 is 24.8 Å². The van der Waals surface area contributed by atoms with Crippen molar-refractivity contribution in [2.24, 2.45) is 38.9 Å². The summed E-state index contributed by atoms with van der Waals surface area (Å²) >= 11 is 0. The van der Waals surface area contributed by atoms with E-state index in [1.807, 2.05) is 13.8 Å². The van der Waals surface area contributed by atoms with Gasteiger partial charge >= 0.3 is 0 Å². The second-order valence-electron chi connectivity index (χ2n) is 22.4. The molecule has 0 aliphatic heterocycles. The van der Waals surface area contributed by atoms with Gasteiger partial charge in [0.05, 0.1) is 32.0 Å². The Kier molecular flexibility index (Phi) is 26.3. The monoisotopic (exact) mass is 795 g/mol. The highest BCUT2D eigenvalue weighted by Gasteiger charge is 2.32. The molecule has 2 atom stereocenters. The number of hydrogen-bond acceptors (Lipinski definition) is 5. The molecule has 0 saturated heterocycles. The van der Waals surface area contributed by atoms with Crippen molar-refractivity contribution in [1.82, 2.24) is 10.6 Å². The van der Waals surface area contributed by atoms with E-state index in [-0.39, 0.29) is 39.1 Å². The molecule has 0 bridgehead atoms. The molecular formula is C49H98N2O5. The third-order valence-electron chi connectivity index (χ3n) is 11.5. The van der Waals surface area contributed by atoms with E-state index in [1.165, 1.54) is 77.0 Å². The first-order valence-corrected chi connectivity index (χ1v) is 23.1. The SMILES string of the molecule is CCCCCCC(CCCCC)CCC(C)(C)OCCC(C)(C)C(=O)NCC(C)(C)COCC(C)(C)CNC(=O)CC(C)(C)COCC(C)(C)CC(C)CCC. The second kappa shape index (κ2) is 26.8. The van der Waals surface area contributed by atoms with Crippen LogP contribution >= 0.6 is 0 Å². The van der Waals surface area contributed by atoms with Gasteiger partial charge in [0.15, 0.2) is 0 Å². The summed E-state index contributed by atoms with van der Waals surface area (Å²) in [4.78, 5) is 26.3. The number of rotatable bonds is 35. The van der Waals surface area contributed by atoms with Gasteiger partial charge in [0.25, 0.3) is 0 Å². The summed E-state index contributed by atoms with van der Waals surface area (Å²) in [7, 11) is 0. The van der Waals surface area contributed by atoms with Crippen molar-refractivity contribution in [3.8, 4) is 0 Å². The minimum Gasteiger partial charge on any atom is -0.380 e. The van der Waals surface area contributed by atoms with Gasteiger partial charge in [-0.3, -0.25) is 9.59 Å². The van der Waals surface area contributed by atoms with Crippen molar-refractivity contribution < 1.29 is 23.8 Å². The number of ether oxygens (including phenoxy) is 3. The Hall–Kier alpha value is -1.18. The summed E-state index contributed by atoms with van der Waals surface area (Å²) in [6, 6.07) is 0. The van der Waals surface area contributed by atoms with E-state index < -0.39 is 5.41 Å². The summed E-state index contributed by atoms with van der Waals surface area (Å²) in [5, 5.41) is 6.35. The summed E-state index contributed by atoms with van der Waals surface area (Å²) in [5.74, 6) is 1.59. The van der Waals surface area contributed by atoms with Gasteiger partial charge in [0, 0.05) is 42.4 Å². The summed E-state index contributed by atoms with van der Waals surface area (Å²) in [6.07, 6.45) is 19.0. The molecule has 0 spiro atoms. The van der Waals surface area contributed by atoms with Crippen LogP contribution in [0.3, 0.4) is 0 Å². The molecule has 2 amide bonds. The molecule has 334 valence electrons. The Bertz CT molecular complexity index is 1050. The van der Waals surface area contributed by atoms with Crippen LogP contribution in [0.5, 0.6) is 0 Å². The Morgan fingerprint density at radius 3 is 1.61 bits per heavy atom. The zero-order valence-electron chi connectivity index (χ0n) is 40.5. The van der Waals surface area contributed by atoms with Crippen molar-refractivity contribution >= 4 is 11.8 Å². The molecule has 7 nitrogen and oxygen atoms in total. The molecule has 2 N–H and O–H groups in total. The molecule has 0 saturated carbocycles. The topological polar surface area (TPSA) is 85.9 Å². The Morgan fingerprint density at radius 1 is 0.554 bits per heavy atom. The number of nitrogens with one attached hydrogen (secondary N) is 2. The lowest BCUT2D eigenvalue weighted by Gasteiger charge is -2.32. The van der Waals surface area contributed by atoms with Crippen molar-refractivity contribution in [2.45, 2.75) is 219 Å². The van der Waals surface area contributed by atoms with Crippen molar-refractivity contribution in [1.29, 1.82) is 0 Å². The van der Waals surface area contributed by atoms with E-state index in [0.29, 0.717) is 64.9 Å². The fraction of sp³-hybridized carbons (Fsp3) is 0.959. The maximum Gasteiger partial charge on any atom is 0.225 e. The normalized spacial score (nSPS) is 14.5. The second-order valence-corrected chi connectivity index (χ2v) is 22.4. The summed E-state index contributed by atoms with van der Waals surface area (Å²) in [5.41, 5.74) is -1.29. The fourth-order valence-corrected chi connectivity index (χ4v) is 7.65. The lowest BCUT2D eigenvalue weighted by Crippen LogP contribution is -2.44. The van der Waals surface area contributed by atoms with Crippen LogP contribution in [-0.2, 0) is 23.8 Å². The number of hydrogen-bond donors (Lipinski definition) is 2. The van der Waals surface area contributed by atoms with Crippen molar-refractivity contribution in [3.05, 3.63) is 0 Å². The molecule has 0 fully saturated rings. The predicted octanol–water partition coefficient (Wildman–Crippen LogP) is 12.7. The minimum atomic E-state index is -0.528. The Balaban J connectivity index is 4.65. The van der Waals surface area contributed by atoms with Crippen LogP contribution in [0.4, 0.5) is 0 Å². The lowest BCUT2D eigenvalue weighted by atomic mass is 9.82. The highest BCUT2D eigenvalue weighted by molar-refractivity contribution is 5.81. The molecule has 56 heavy (non-hydrogen) atoms. The van der Waals surface area contributed by atoms with E-state index >= 15 is 0 Å². The molecule has 0 heterocycles. The van der Waals surface area contributed by atoms with Crippen molar-refractivity contribution in [2.75, 3.05) is 46.1 Å². The third-order valence-corrected chi connectivity index (χ3v) is 11.5. The number of unbranched alkanes of at least 4 members (excludes halogenated alkanes) is 5. The van der Waals surface area contributed by atoms with Crippen LogP contribution in [0.15, 0.2) is 0 Å². The highest BCUT2D eigenvalue weighted by Crippen LogP contribution is 2.31. The molecule has 7 heteroatoms. The first kappa shape index (κ1) is 54.8. The predicted molar refractivity (Wildman–Crippen MR) is 240 cm³/mol. The number of carbonyl (C=O) groups is 2. The van der Waals surface area contributed by atoms with Gasteiger partial charge in [-0.1, -0.05) is 168 Å².